The molecule has 0 bridgehead atoms. The summed E-state index contributed by atoms with van der Waals surface area (Å²) >= 11 is 0. The average Bonchev–Trinajstić information content (AvgIpc) is 2.42. The fourth-order valence-corrected chi connectivity index (χ4v) is 2.30. The zero-order chi connectivity index (χ0) is 14.9. The van der Waals surface area contributed by atoms with E-state index in [1.54, 1.807) is 6.21 Å². The summed E-state index contributed by atoms with van der Waals surface area (Å²) < 4.78 is 0. The van der Waals surface area contributed by atoms with Gasteiger partial charge in [0.2, 0.25) is 5.96 Å². The minimum atomic E-state index is -0.949. The van der Waals surface area contributed by atoms with Crippen molar-refractivity contribution in [2.45, 2.75) is 44.8 Å². The SMILES string of the molecule is CCc1cc(C2(N)C=NC(N)=NC2N)c(C(C)C)cn1. The van der Waals surface area contributed by atoms with Crippen LogP contribution in [0.1, 0.15) is 43.5 Å². The minimum absolute atomic E-state index is 0.162. The second-order valence-corrected chi connectivity index (χ2v) is 5.39. The molecule has 6 heteroatoms. The zero-order valence-electron chi connectivity index (χ0n) is 12.2. The number of aliphatic imine (C=N–C) groups is 2. The van der Waals surface area contributed by atoms with Crippen LogP contribution >= 0.6 is 0 Å². The molecule has 0 spiro atoms. The first kappa shape index (κ1) is 14.6. The molecule has 1 aromatic rings. The molecule has 1 aliphatic rings. The summed E-state index contributed by atoms with van der Waals surface area (Å²) in [6.45, 7) is 6.24. The second-order valence-electron chi connectivity index (χ2n) is 5.39. The van der Waals surface area contributed by atoms with Crippen molar-refractivity contribution in [1.82, 2.24) is 4.98 Å². The monoisotopic (exact) mass is 274 g/mol. The number of hydrogen-bond donors (Lipinski definition) is 3. The van der Waals surface area contributed by atoms with Crippen LogP contribution in [0.5, 0.6) is 0 Å². The molecule has 1 aliphatic heterocycles. The highest BCUT2D eigenvalue weighted by Crippen LogP contribution is 2.30. The van der Waals surface area contributed by atoms with Gasteiger partial charge in [-0.25, -0.2) is 9.98 Å². The highest BCUT2D eigenvalue weighted by molar-refractivity contribution is 5.93. The zero-order valence-corrected chi connectivity index (χ0v) is 12.2. The quantitative estimate of drug-likeness (QED) is 0.748. The van der Waals surface area contributed by atoms with Gasteiger partial charge >= 0.3 is 0 Å². The third-order valence-electron chi connectivity index (χ3n) is 3.61. The van der Waals surface area contributed by atoms with Crippen LogP contribution in [-0.4, -0.2) is 23.3 Å². The molecule has 1 aromatic heterocycles. The molecule has 0 radical (unpaired) electrons. The molecular weight excluding hydrogens is 252 g/mol. The Hall–Kier alpha value is -1.79. The largest absolute Gasteiger partial charge is 0.368 e. The molecule has 20 heavy (non-hydrogen) atoms. The van der Waals surface area contributed by atoms with Gasteiger partial charge in [0.15, 0.2) is 0 Å². The lowest BCUT2D eigenvalue weighted by atomic mass is 9.82. The van der Waals surface area contributed by atoms with Crippen molar-refractivity contribution in [1.29, 1.82) is 0 Å². The fourth-order valence-electron chi connectivity index (χ4n) is 2.30. The molecule has 0 fully saturated rings. The Bertz CT molecular complexity index is 563. The van der Waals surface area contributed by atoms with Crippen molar-refractivity contribution in [2.75, 3.05) is 0 Å². The summed E-state index contributed by atoms with van der Waals surface area (Å²) in [6, 6.07) is 2.00. The lowest BCUT2D eigenvalue weighted by Gasteiger charge is -2.34. The highest BCUT2D eigenvalue weighted by atomic mass is 15.2. The summed E-state index contributed by atoms with van der Waals surface area (Å²) in [5.74, 6) is 0.446. The van der Waals surface area contributed by atoms with Gasteiger partial charge in [0.1, 0.15) is 11.7 Å². The lowest BCUT2D eigenvalue weighted by Crippen LogP contribution is -2.56. The van der Waals surface area contributed by atoms with Crippen LogP contribution in [0.2, 0.25) is 0 Å². The van der Waals surface area contributed by atoms with Crippen LogP contribution in [0.3, 0.4) is 0 Å². The van der Waals surface area contributed by atoms with Crippen molar-refractivity contribution in [3.05, 3.63) is 29.1 Å². The van der Waals surface area contributed by atoms with Gasteiger partial charge < -0.3 is 17.2 Å². The van der Waals surface area contributed by atoms with Crippen molar-refractivity contribution >= 4 is 12.2 Å². The fraction of sp³-hybridized carbons (Fsp3) is 0.500. The van der Waals surface area contributed by atoms with Crippen LogP contribution in [0, 0.1) is 0 Å². The summed E-state index contributed by atoms with van der Waals surface area (Å²) in [7, 11) is 0. The van der Waals surface area contributed by atoms with Crippen molar-refractivity contribution in [3.63, 3.8) is 0 Å². The predicted molar refractivity (Wildman–Crippen MR) is 81.7 cm³/mol. The first-order valence-corrected chi connectivity index (χ1v) is 6.80. The van der Waals surface area contributed by atoms with E-state index < -0.39 is 11.7 Å². The van der Waals surface area contributed by atoms with E-state index in [-0.39, 0.29) is 11.9 Å². The Labute approximate surface area is 119 Å². The average molecular weight is 274 g/mol. The van der Waals surface area contributed by atoms with E-state index in [2.05, 4.69) is 35.7 Å². The van der Waals surface area contributed by atoms with E-state index in [0.29, 0.717) is 0 Å². The van der Waals surface area contributed by atoms with Gasteiger partial charge in [0, 0.05) is 18.1 Å². The number of aryl methyl sites for hydroxylation is 1. The molecule has 0 saturated carbocycles. The topological polar surface area (TPSA) is 116 Å². The Balaban J connectivity index is 2.58. The molecule has 0 saturated heterocycles. The summed E-state index contributed by atoms with van der Waals surface area (Å²) in [5.41, 5.74) is 20.2. The van der Waals surface area contributed by atoms with Crippen LogP contribution in [0.15, 0.2) is 22.2 Å². The van der Waals surface area contributed by atoms with E-state index in [1.165, 1.54) is 0 Å². The van der Waals surface area contributed by atoms with E-state index in [1.807, 2.05) is 12.3 Å². The van der Waals surface area contributed by atoms with Gasteiger partial charge in [-0.15, -0.1) is 0 Å². The van der Waals surface area contributed by atoms with E-state index in [4.69, 9.17) is 17.2 Å². The molecule has 6 nitrogen and oxygen atoms in total. The first-order valence-electron chi connectivity index (χ1n) is 6.80. The van der Waals surface area contributed by atoms with Crippen molar-refractivity contribution < 1.29 is 0 Å². The van der Waals surface area contributed by atoms with Gasteiger partial charge in [-0.3, -0.25) is 4.98 Å². The summed E-state index contributed by atoms with van der Waals surface area (Å²) in [5, 5.41) is 0. The number of nitrogens with two attached hydrogens (primary N) is 3. The molecule has 108 valence electrons. The number of hydrogen-bond acceptors (Lipinski definition) is 6. The van der Waals surface area contributed by atoms with Gasteiger partial charge in [-0.05, 0) is 29.5 Å². The standard InChI is InChI=1S/C14H22N6/c1-4-9-5-11(10(6-18-9)8(2)3)14(17)7-19-13(16)20-12(14)15/h5-8,12H,4,15,17H2,1-3H3,(H2,16,20). The van der Waals surface area contributed by atoms with Crippen LogP contribution in [0.4, 0.5) is 0 Å². The first-order chi connectivity index (χ1) is 9.38. The van der Waals surface area contributed by atoms with E-state index in [0.717, 1.165) is 23.2 Å². The Morgan fingerprint density at radius 1 is 1.40 bits per heavy atom. The number of nitrogens with zero attached hydrogens (tertiary/aromatic N) is 3. The minimum Gasteiger partial charge on any atom is -0.368 e. The molecule has 0 amide bonds. The van der Waals surface area contributed by atoms with Crippen LogP contribution in [-0.2, 0) is 12.0 Å². The van der Waals surface area contributed by atoms with Gasteiger partial charge in [-0.1, -0.05) is 20.8 Å². The Morgan fingerprint density at radius 2 is 2.10 bits per heavy atom. The maximum atomic E-state index is 6.48. The maximum absolute atomic E-state index is 6.48. The third-order valence-corrected chi connectivity index (χ3v) is 3.61. The van der Waals surface area contributed by atoms with Crippen LogP contribution < -0.4 is 17.2 Å². The number of pyridine rings is 1. The molecule has 2 heterocycles. The third kappa shape index (κ3) is 2.44. The highest BCUT2D eigenvalue weighted by Gasteiger charge is 2.38. The Morgan fingerprint density at radius 3 is 2.65 bits per heavy atom. The molecule has 2 atom stereocenters. The molecule has 0 aromatic carbocycles. The molecule has 6 N–H and O–H groups in total. The lowest BCUT2D eigenvalue weighted by molar-refractivity contribution is 0.475. The molecule has 2 unspecified atom stereocenters. The van der Waals surface area contributed by atoms with Gasteiger partial charge in [0.05, 0.1) is 0 Å². The summed E-state index contributed by atoms with van der Waals surface area (Å²) in [4.78, 5) is 12.6. The smallest absolute Gasteiger partial charge is 0.216 e. The number of guanidine groups is 1. The Kier molecular flexibility index (Phi) is 3.87. The van der Waals surface area contributed by atoms with E-state index >= 15 is 0 Å². The number of aromatic nitrogens is 1. The maximum Gasteiger partial charge on any atom is 0.216 e. The predicted octanol–water partition coefficient (Wildman–Crippen LogP) is 0.605. The molecule has 2 rings (SSSR count). The van der Waals surface area contributed by atoms with E-state index in [9.17, 15) is 0 Å². The number of rotatable bonds is 3. The summed E-state index contributed by atoms with van der Waals surface area (Å²) in [6.07, 6.45) is 3.65. The van der Waals surface area contributed by atoms with Gasteiger partial charge in [-0.2, -0.15) is 0 Å². The van der Waals surface area contributed by atoms with Crippen LogP contribution in [0.25, 0.3) is 0 Å². The van der Waals surface area contributed by atoms with Gasteiger partial charge in [0.25, 0.3) is 0 Å². The molecule has 0 aliphatic carbocycles. The van der Waals surface area contributed by atoms with Crippen molar-refractivity contribution in [3.8, 4) is 0 Å². The van der Waals surface area contributed by atoms with Crippen molar-refractivity contribution in [2.24, 2.45) is 27.2 Å². The second kappa shape index (κ2) is 5.30. The molecular formula is C14H22N6. The normalized spacial score (nSPS) is 25.9.